The van der Waals surface area contributed by atoms with Crippen LogP contribution in [0.1, 0.15) is 46.0 Å². The zero-order chi connectivity index (χ0) is 23.1. The van der Waals surface area contributed by atoms with E-state index >= 15 is 0 Å². The van der Waals surface area contributed by atoms with E-state index in [9.17, 15) is 30.0 Å². The Labute approximate surface area is 182 Å². The van der Waals surface area contributed by atoms with Crippen molar-refractivity contribution in [2.45, 2.75) is 88.9 Å². The number of aliphatic hydroxyl groups excluding tert-OH is 3. The molecule has 2 rings (SSSR count). The molecular formula is C22H34O9. The molecule has 0 bridgehead atoms. The maximum atomic E-state index is 12.0. The largest absolute Gasteiger partial charge is 0.479 e. The quantitative estimate of drug-likeness (QED) is 0.468. The van der Waals surface area contributed by atoms with E-state index in [-0.39, 0.29) is 11.7 Å². The fraction of sp³-hybridized carbons (Fsp3) is 0.727. The highest BCUT2D eigenvalue weighted by Crippen LogP contribution is 2.28. The molecule has 0 radical (unpaired) electrons. The SMILES string of the molecule is CO[C@H]1/C=C/CCCC(=O)CC/C(C)=C\[C@@H](C)[C@@H]1O[C@@H]1O[C@@H](C(=O)O)[C@@H](O)[C@H](O)[C@H]1O. The summed E-state index contributed by atoms with van der Waals surface area (Å²) in [5.41, 5.74) is 0.997. The van der Waals surface area contributed by atoms with Crippen molar-refractivity contribution >= 4 is 11.8 Å². The van der Waals surface area contributed by atoms with Crippen LogP contribution in [0, 0.1) is 5.92 Å². The van der Waals surface area contributed by atoms with Gasteiger partial charge in [-0.05, 0) is 26.2 Å². The molecular weight excluding hydrogens is 408 g/mol. The average Bonchev–Trinajstić information content (AvgIpc) is 2.73. The van der Waals surface area contributed by atoms with Gasteiger partial charge in [0.1, 0.15) is 30.2 Å². The van der Waals surface area contributed by atoms with Crippen molar-refractivity contribution < 1.29 is 44.2 Å². The molecule has 4 N–H and O–H groups in total. The van der Waals surface area contributed by atoms with Gasteiger partial charge in [-0.3, -0.25) is 4.79 Å². The maximum Gasteiger partial charge on any atom is 0.335 e. The predicted molar refractivity (Wildman–Crippen MR) is 110 cm³/mol. The Morgan fingerprint density at radius 1 is 1.13 bits per heavy atom. The number of carboxylic acids is 1. The number of carboxylic acid groups (broad SMARTS) is 1. The van der Waals surface area contributed by atoms with Crippen LogP contribution in [0.15, 0.2) is 23.8 Å². The molecule has 1 saturated heterocycles. The number of rotatable bonds is 4. The Balaban J connectivity index is 2.30. The molecule has 0 saturated carbocycles. The lowest BCUT2D eigenvalue weighted by molar-refractivity contribution is -0.312. The number of carbonyl (C=O) groups is 2. The minimum absolute atomic E-state index is 0.218. The molecule has 176 valence electrons. The fourth-order valence-corrected chi connectivity index (χ4v) is 3.88. The van der Waals surface area contributed by atoms with E-state index in [4.69, 9.17) is 14.2 Å². The Morgan fingerprint density at radius 3 is 2.48 bits per heavy atom. The normalized spacial score (nSPS) is 41.2. The molecule has 9 heteroatoms. The van der Waals surface area contributed by atoms with Crippen molar-refractivity contribution in [3.8, 4) is 0 Å². The summed E-state index contributed by atoms with van der Waals surface area (Å²) >= 11 is 0. The maximum absolute atomic E-state index is 12.0. The number of allylic oxidation sites excluding steroid dienone is 2. The van der Waals surface area contributed by atoms with Gasteiger partial charge in [-0.25, -0.2) is 4.79 Å². The summed E-state index contributed by atoms with van der Waals surface area (Å²) in [4.78, 5) is 23.4. The second-order valence-electron chi connectivity index (χ2n) is 8.27. The first-order chi connectivity index (χ1) is 14.6. The highest BCUT2D eigenvalue weighted by molar-refractivity contribution is 5.78. The molecule has 0 amide bonds. The van der Waals surface area contributed by atoms with Crippen molar-refractivity contribution in [3.05, 3.63) is 23.8 Å². The van der Waals surface area contributed by atoms with Gasteiger partial charge >= 0.3 is 5.97 Å². The topological polar surface area (TPSA) is 143 Å². The minimum atomic E-state index is -1.79. The molecule has 31 heavy (non-hydrogen) atoms. The monoisotopic (exact) mass is 442 g/mol. The van der Waals surface area contributed by atoms with Crippen molar-refractivity contribution in [2.75, 3.05) is 7.11 Å². The van der Waals surface area contributed by atoms with Crippen LogP contribution in [-0.2, 0) is 23.8 Å². The number of ketones is 1. The number of hydrogen-bond donors (Lipinski definition) is 4. The summed E-state index contributed by atoms with van der Waals surface area (Å²) in [6.45, 7) is 3.80. The Bertz CT molecular complexity index is 674. The van der Waals surface area contributed by atoms with E-state index in [0.29, 0.717) is 25.7 Å². The van der Waals surface area contributed by atoms with Crippen LogP contribution in [0.3, 0.4) is 0 Å². The van der Waals surface area contributed by atoms with Crippen LogP contribution in [0.5, 0.6) is 0 Å². The second kappa shape index (κ2) is 11.8. The molecule has 8 atom stereocenters. The van der Waals surface area contributed by atoms with E-state index in [2.05, 4.69) is 0 Å². The summed E-state index contributed by atoms with van der Waals surface area (Å²) in [5, 5.41) is 39.6. The molecule has 0 unspecified atom stereocenters. The average molecular weight is 443 g/mol. The summed E-state index contributed by atoms with van der Waals surface area (Å²) in [6.07, 6.45) is -0.981. The first-order valence-electron chi connectivity index (χ1n) is 10.6. The molecule has 2 aliphatic rings. The Morgan fingerprint density at radius 2 is 1.84 bits per heavy atom. The molecule has 0 spiro atoms. The van der Waals surface area contributed by atoms with Gasteiger partial charge in [0.2, 0.25) is 0 Å². The van der Waals surface area contributed by atoms with E-state index in [1.807, 2.05) is 32.1 Å². The van der Waals surface area contributed by atoms with Crippen molar-refractivity contribution in [3.63, 3.8) is 0 Å². The second-order valence-corrected chi connectivity index (χ2v) is 8.27. The van der Waals surface area contributed by atoms with E-state index < -0.39 is 48.9 Å². The third kappa shape index (κ3) is 6.93. The first-order valence-corrected chi connectivity index (χ1v) is 10.6. The van der Waals surface area contributed by atoms with E-state index in [0.717, 1.165) is 12.0 Å². The van der Waals surface area contributed by atoms with Crippen molar-refractivity contribution in [1.82, 2.24) is 0 Å². The first kappa shape index (κ1) is 25.6. The van der Waals surface area contributed by atoms with Gasteiger partial charge in [0.15, 0.2) is 12.4 Å². The third-order valence-electron chi connectivity index (χ3n) is 5.72. The number of aliphatic hydroxyl groups is 3. The van der Waals surface area contributed by atoms with Gasteiger partial charge in [0.25, 0.3) is 0 Å². The summed E-state index contributed by atoms with van der Waals surface area (Å²) in [6, 6.07) is 0. The molecule has 1 aliphatic heterocycles. The van der Waals surface area contributed by atoms with Gasteiger partial charge in [-0.2, -0.15) is 0 Å². The predicted octanol–water partition coefficient (Wildman–Crippen LogP) is 0.951. The number of carbonyl (C=O) groups excluding carboxylic acids is 1. The van der Waals surface area contributed by atoms with Gasteiger partial charge in [-0.1, -0.05) is 30.7 Å². The molecule has 0 aromatic heterocycles. The lowest BCUT2D eigenvalue weighted by Crippen LogP contribution is -2.61. The smallest absolute Gasteiger partial charge is 0.335 e. The van der Waals surface area contributed by atoms with Gasteiger partial charge in [0.05, 0.1) is 6.10 Å². The zero-order valence-electron chi connectivity index (χ0n) is 18.2. The zero-order valence-corrected chi connectivity index (χ0v) is 18.2. The minimum Gasteiger partial charge on any atom is -0.479 e. The molecule has 9 nitrogen and oxygen atoms in total. The number of ether oxygens (including phenoxy) is 3. The van der Waals surface area contributed by atoms with Crippen molar-refractivity contribution in [1.29, 1.82) is 0 Å². The fourth-order valence-electron chi connectivity index (χ4n) is 3.88. The number of Topliss-reactive ketones (excluding diaryl/α,β-unsaturated/α-hetero) is 1. The summed E-state index contributed by atoms with van der Waals surface area (Å²) in [7, 11) is 1.51. The lowest BCUT2D eigenvalue weighted by Gasteiger charge is -2.41. The number of hydrogen-bond acceptors (Lipinski definition) is 8. The Kier molecular flexibility index (Phi) is 9.80. The van der Waals surface area contributed by atoms with Crippen LogP contribution < -0.4 is 0 Å². The molecule has 1 aliphatic carbocycles. The van der Waals surface area contributed by atoms with Crippen LogP contribution in [0.4, 0.5) is 0 Å². The number of methoxy groups -OCH3 is 1. The molecule has 0 aromatic carbocycles. The van der Waals surface area contributed by atoms with Gasteiger partial charge in [0, 0.05) is 25.9 Å². The molecule has 1 heterocycles. The van der Waals surface area contributed by atoms with Crippen LogP contribution >= 0.6 is 0 Å². The van der Waals surface area contributed by atoms with Crippen LogP contribution in [0.25, 0.3) is 0 Å². The third-order valence-corrected chi connectivity index (χ3v) is 5.72. The highest BCUT2D eigenvalue weighted by Gasteiger charge is 2.48. The Hall–Kier alpha value is -1.62. The van der Waals surface area contributed by atoms with Gasteiger partial charge in [-0.15, -0.1) is 0 Å². The molecule has 0 aromatic rings. The summed E-state index contributed by atoms with van der Waals surface area (Å²) in [5.74, 6) is -1.51. The van der Waals surface area contributed by atoms with Crippen molar-refractivity contribution in [2.24, 2.45) is 5.92 Å². The highest BCUT2D eigenvalue weighted by atomic mass is 16.7. The number of aliphatic carboxylic acids is 1. The molecule has 1 fully saturated rings. The lowest BCUT2D eigenvalue weighted by atomic mass is 9.94. The van der Waals surface area contributed by atoms with Crippen LogP contribution in [-0.4, -0.2) is 82.2 Å². The van der Waals surface area contributed by atoms with E-state index in [1.54, 1.807) is 0 Å². The van der Waals surface area contributed by atoms with Gasteiger partial charge < -0.3 is 34.6 Å². The van der Waals surface area contributed by atoms with Crippen LogP contribution in [0.2, 0.25) is 0 Å². The van der Waals surface area contributed by atoms with E-state index in [1.165, 1.54) is 7.11 Å². The standard InChI is InChI=1S/C22H34O9/c1-12-9-10-14(23)7-5-4-6-8-15(29-3)19(13(2)11-12)30-22-18(26)16(24)17(25)20(31-22)21(27)28/h6,8,11,13,15-20,22,24-26H,4-5,7,9-10H2,1-3H3,(H,27,28)/b8-6+,12-11-/t13-,15+,16+,17+,18-,19+,20-,22-/m1/s1. The summed E-state index contributed by atoms with van der Waals surface area (Å²) < 4.78 is 16.9.